The van der Waals surface area contributed by atoms with Crippen LogP contribution >= 0.6 is 15.6 Å². The Bertz CT molecular complexity index is 1830. The van der Waals surface area contributed by atoms with Crippen molar-refractivity contribution in [1.82, 2.24) is 0 Å². The molecule has 2 unspecified atom stereocenters. The standard InChI is InChI=1S/C77H150O17P2/c1-5-9-13-17-21-24-27-29-31-33-34-35-36-38-40-42-45-48-52-56-60-64-77(82)94-73(68-88-75(80)62-58-54-50-46-44-41-39-37-32-30-28-25-22-18-14-10-6-2)70-92-96(85,86)90-66-71(78)65-89-95(83,84)91-69-72(67-87-74(79)61-57-53-49-20-16-12-8-4)93-76(81)63-59-55-51-47-43-26-23-19-15-11-7-3/h71-73,78H,5-70H2,1-4H3,(H,83,84)(H,85,86)/t71-,72+,73+/m0/s1. The quantitative estimate of drug-likeness (QED) is 0.0222. The third kappa shape index (κ3) is 70.5. The number of carbonyl (C=O) groups is 4. The second-order valence-corrected chi connectivity index (χ2v) is 30.7. The van der Waals surface area contributed by atoms with E-state index in [-0.39, 0.29) is 25.7 Å². The summed E-state index contributed by atoms with van der Waals surface area (Å²) in [5.74, 6) is -2.12. The summed E-state index contributed by atoms with van der Waals surface area (Å²) in [6, 6.07) is 0. The number of hydrogen-bond acceptors (Lipinski definition) is 15. The minimum absolute atomic E-state index is 0.107. The average Bonchev–Trinajstić information content (AvgIpc) is 1.13. The van der Waals surface area contributed by atoms with Gasteiger partial charge in [0.1, 0.15) is 19.3 Å². The molecule has 0 aliphatic carbocycles. The first kappa shape index (κ1) is 94.1. The van der Waals surface area contributed by atoms with Crippen molar-refractivity contribution >= 4 is 39.5 Å². The fraction of sp³-hybridized carbons (Fsp3) is 0.948. The maximum absolute atomic E-state index is 13.1. The lowest BCUT2D eigenvalue weighted by molar-refractivity contribution is -0.161. The van der Waals surface area contributed by atoms with Crippen molar-refractivity contribution in [3.8, 4) is 0 Å². The molecule has 570 valence electrons. The molecular weight excluding hydrogens is 1260 g/mol. The Morgan fingerprint density at radius 3 is 0.615 bits per heavy atom. The fourth-order valence-electron chi connectivity index (χ4n) is 11.9. The molecule has 0 rings (SSSR count). The Morgan fingerprint density at radius 2 is 0.417 bits per heavy atom. The summed E-state index contributed by atoms with van der Waals surface area (Å²) in [6.07, 6.45) is 62.7. The van der Waals surface area contributed by atoms with Gasteiger partial charge in [0, 0.05) is 25.7 Å². The molecule has 0 aromatic heterocycles. The third-order valence-corrected chi connectivity index (χ3v) is 20.0. The number of carbonyl (C=O) groups excluding carboxylic acids is 4. The van der Waals surface area contributed by atoms with E-state index in [2.05, 4.69) is 27.7 Å². The van der Waals surface area contributed by atoms with E-state index in [0.29, 0.717) is 25.7 Å². The number of esters is 4. The second kappa shape index (κ2) is 71.5. The summed E-state index contributed by atoms with van der Waals surface area (Å²) >= 11 is 0. The highest BCUT2D eigenvalue weighted by Crippen LogP contribution is 2.45. The molecule has 0 radical (unpaired) electrons. The van der Waals surface area contributed by atoms with Crippen molar-refractivity contribution < 1.29 is 80.2 Å². The van der Waals surface area contributed by atoms with Gasteiger partial charge in [0.2, 0.25) is 0 Å². The highest BCUT2D eigenvalue weighted by molar-refractivity contribution is 7.47. The van der Waals surface area contributed by atoms with Crippen molar-refractivity contribution in [2.24, 2.45) is 0 Å². The van der Waals surface area contributed by atoms with Crippen LogP contribution in [0.4, 0.5) is 0 Å². The maximum Gasteiger partial charge on any atom is 0.472 e. The number of phosphoric acid groups is 2. The molecule has 0 heterocycles. The zero-order valence-electron chi connectivity index (χ0n) is 62.4. The molecule has 17 nitrogen and oxygen atoms in total. The van der Waals surface area contributed by atoms with Gasteiger partial charge in [-0.05, 0) is 25.7 Å². The van der Waals surface area contributed by atoms with Crippen LogP contribution in [-0.4, -0.2) is 96.7 Å². The van der Waals surface area contributed by atoms with E-state index in [4.69, 9.17) is 37.0 Å². The van der Waals surface area contributed by atoms with Crippen LogP contribution in [0.25, 0.3) is 0 Å². The van der Waals surface area contributed by atoms with Crippen molar-refractivity contribution in [2.75, 3.05) is 39.6 Å². The molecule has 5 atom stereocenters. The lowest BCUT2D eigenvalue weighted by Gasteiger charge is -2.21. The van der Waals surface area contributed by atoms with Gasteiger partial charge < -0.3 is 33.8 Å². The van der Waals surface area contributed by atoms with Crippen LogP contribution in [-0.2, 0) is 65.4 Å². The van der Waals surface area contributed by atoms with E-state index in [9.17, 15) is 43.2 Å². The molecule has 0 spiro atoms. The van der Waals surface area contributed by atoms with E-state index in [0.717, 1.165) is 103 Å². The topological polar surface area (TPSA) is 237 Å². The molecule has 0 fully saturated rings. The average molecular weight is 1410 g/mol. The van der Waals surface area contributed by atoms with Crippen molar-refractivity contribution in [3.63, 3.8) is 0 Å². The van der Waals surface area contributed by atoms with E-state index in [1.165, 1.54) is 231 Å². The zero-order chi connectivity index (χ0) is 70.4. The summed E-state index contributed by atoms with van der Waals surface area (Å²) in [5.41, 5.74) is 0. The van der Waals surface area contributed by atoms with Gasteiger partial charge in [-0.25, -0.2) is 9.13 Å². The van der Waals surface area contributed by atoms with Crippen LogP contribution in [0.2, 0.25) is 0 Å². The first-order valence-corrected chi connectivity index (χ1v) is 43.3. The molecule has 3 N–H and O–H groups in total. The lowest BCUT2D eigenvalue weighted by atomic mass is 10.0. The monoisotopic (exact) mass is 1410 g/mol. The molecule has 0 amide bonds. The van der Waals surface area contributed by atoms with E-state index >= 15 is 0 Å². The Kier molecular flexibility index (Phi) is 70.0. The summed E-state index contributed by atoms with van der Waals surface area (Å²) in [7, 11) is -9.90. The van der Waals surface area contributed by atoms with Crippen molar-refractivity contribution in [3.05, 3.63) is 0 Å². The molecule has 0 aliphatic rings. The van der Waals surface area contributed by atoms with Crippen LogP contribution in [0.1, 0.15) is 413 Å². The first-order valence-electron chi connectivity index (χ1n) is 40.3. The van der Waals surface area contributed by atoms with Gasteiger partial charge in [-0.15, -0.1) is 0 Å². The van der Waals surface area contributed by atoms with Gasteiger partial charge in [0.05, 0.1) is 26.4 Å². The number of aliphatic hydroxyl groups excluding tert-OH is 1. The maximum atomic E-state index is 13.1. The smallest absolute Gasteiger partial charge is 0.462 e. The van der Waals surface area contributed by atoms with Gasteiger partial charge in [0.15, 0.2) is 12.2 Å². The summed E-state index contributed by atoms with van der Waals surface area (Å²) in [4.78, 5) is 72.7. The Morgan fingerprint density at radius 1 is 0.250 bits per heavy atom. The number of unbranched alkanes of at least 4 members (excludes halogenated alkanes) is 52. The number of hydrogen-bond donors (Lipinski definition) is 3. The van der Waals surface area contributed by atoms with Gasteiger partial charge in [-0.2, -0.15) is 0 Å². The molecule has 19 heteroatoms. The Balaban J connectivity index is 5.15. The minimum Gasteiger partial charge on any atom is -0.462 e. The molecule has 0 aromatic carbocycles. The first-order chi connectivity index (χ1) is 46.7. The number of phosphoric ester groups is 2. The van der Waals surface area contributed by atoms with Crippen molar-refractivity contribution in [1.29, 1.82) is 0 Å². The van der Waals surface area contributed by atoms with Crippen LogP contribution < -0.4 is 0 Å². The minimum atomic E-state index is -4.96. The molecule has 0 saturated heterocycles. The number of rotatable bonds is 78. The molecule has 0 aromatic rings. The highest BCUT2D eigenvalue weighted by atomic mass is 31.2. The third-order valence-electron chi connectivity index (χ3n) is 18.1. The zero-order valence-corrected chi connectivity index (χ0v) is 64.1. The Labute approximate surface area is 588 Å². The molecule has 0 aliphatic heterocycles. The summed E-state index contributed by atoms with van der Waals surface area (Å²) < 4.78 is 68.4. The van der Waals surface area contributed by atoms with Gasteiger partial charge in [-0.3, -0.25) is 37.3 Å². The van der Waals surface area contributed by atoms with E-state index < -0.39 is 97.5 Å². The van der Waals surface area contributed by atoms with Crippen LogP contribution in [0.5, 0.6) is 0 Å². The van der Waals surface area contributed by atoms with Crippen LogP contribution in [0.3, 0.4) is 0 Å². The van der Waals surface area contributed by atoms with Crippen LogP contribution in [0, 0.1) is 0 Å². The molecule has 96 heavy (non-hydrogen) atoms. The normalized spacial score (nSPS) is 13.9. The largest absolute Gasteiger partial charge is 0.472 e. The molecular formula is C77H150O17P2. The highest BCUT2D eigenvalue weighted by Gasteiger charge is 2.30. The second-order valence-electron chi connectivity index (χ2n) is 27.7. The van der Waals surface area contributed by atoms with Gasteiger partial charge in [-0.1, -0.05) is 362 Å². The predicted molar refractivity (Wildman–Crippen MR) is 391 cm³/mol. The fourth-order valence-corrected chi connectivity index (χ4v) is 13.5. The molecule has 0 bridgehead atoms. The number of ether oxygens (including phenoxy) is 4. The van der Waals surface area contributed by atoms with E-state index in [1.54, 1.807) is 0 Å². The SMILES string of the molecule is CCCCCCCCCCCCCCCCCCCCCCCC(=O)O[C@H](COC(=O)CCCCCCCCCCCCCCCCCCC)COP(=O)(O)OC[C@@H](O)COP(=O)(O)OC[C@@H](COC(=O)CCCCCCCCC)OC(=O)CCCCCCCCCCCCC. The Hall–Kier alpha value is -1.94. The predicted octanol–water partition coefficient (Wildman–Crippen LogP) is 23.0. The van der Waals surface area contributed by atoms with Gasteiger partial charge in [0.25, 0.3) is 0 Å². The van der Waals surface area contributed by atoms with E-state index in [1.807, 2.05) is 0 Å². The molecule has 0 saturated carbocycles. The van der Waals surface area contributed by atoms with Crippen molar-refractivity contribution in [2.45, 2.75) is 431 Å². The van der Waals surface area contributed by atoms with Gasteiger partial charge >= 0.3 is 39.5 Å². The summed E-state index contributed by atoms with van der Waals surface area (Å²) in [5, 5.41) is 10.6. The lowest BCUT2D eigenvalue weighted by Crippen LogP contribution is -2.30. The number of aliphatic hydroxyl groups is 1. The van der Waals surface area contributed by atoms with Crippen LogP contribution in [0.15, 0.2) is 0 Å². The summed E-state index contributed by atoms with van der Waals surface area (Å²) in [6.45, 7) is 4.95.